The van der Waals surface area contributed by atoms with E-state index < -0.39 is 12.1 Å². The molecule has 0 aliphatic heterocycles. The van der Waals surface area contributed by atoms with Crippen molar-refractivity contribution in [1.29, 1.82) is 0 Å². The predicted molar refractivity (Wildman–Crippen MR) is 48.7 cm³/mol. The highest BCUT2D eigenvalue weighted by Gasteiger charge is 2.12. The van der Waals surface area contributed by atoms with Crippen LogP contribution < -0.4 is 5.73 Å². The zero-order valence-corrected chi connectivity index (χ0v) is 7.68. The zero-order chi connectivity index (χ0) is 8.69. The molecule has 2 atom stereocenters. The van der Waals surface area contributed by atoms with E-state index in [2.05, 4.69) is 6.92 Å². The van der Waals surface area contributed by atoms with Gasteiger partial charge in [-0.1, -0.05) is 6.92 Å². The summed E-state index contributed by atoms with van der Waals surface area (Å²) in [6, 6.07) is -0.479. The van der Waals surface area contributed by atoms with Crippen molar-refractivity contribution in [3.05, 3.63) is 0 Å². The number of aliphatic hydroxyl groups excluding tert-OH is 2. The van der Waals surface area contributed by atoms with Gasteiger partial charge in [0.2, 0.25) is 0 Å². The van der Waals surface area contributed by atoms with Gasteiger partial charge in [0.15, 0.2) is 0 Å². The molecule has 0 aliphatic rings. The van der Waals surface area contributed by atoms with Crippen LogP contribution in [0.3, 0.4) is 0 Å². The van der Waals surface area contributed by atoms with Crippen LogP contribution in [0.4, 0.5) is 0 Å². The first-order valence-corrected chi connectivity index (χ1v) is 5.00. The van der Waals surface area contributed by atoms with Crippen LogP contribution in [0.1, 0.15) is 13.3 Å². The lowest BCUT2D eigenvalue weighted by atomic mass is 10.1. The van der Waals surface area contributed by atoms with Crippen LogP contribution in [0.25, 0.3) is 0 Å². The molecule has 0 spiro atoms. The summed E-state index contributed by atoms with van der Waals surface area (Å²) in [5.74, 6) is 1.96. The monoisotopic (exact) mass is 179 g/mol. The van der Waals surface area contributed by atoms with Gasteiger partial charge in [0.25, 0.3) is 0 Å². The molecule has 0 saturated carbocycles. The molecule has 68 valence electrons. The number of thioether (sulfide) groups is 1. The molecule has 0 aromatic rings. The summed E-state index contributed by atoms with van der Waals surface area (Å²) in [5.41, 5.74) is 5.39. The SMILES string of the molecule is CCSCCC(O)C(N)CO. The van der Waals surface area contributed by atoms with Crippen LogP contribution in [-0.2, 0) is 0 Å². The number of rotatable bonds is 6. The Balaban J connectivity index is 3.28. The third-order valence-electron chi connectivity index (χ3n) is 1.47. The van der Waals surface area contributed by atoms with Gasteiger partial charge in [-0.2, -0.15) is 11.8 Å². The molecule has 0 aromatic carbocycles. The van der Waals surface area contributed by atoms with Crippen LogP contribution in [0, 0.1) is 0 Å². The average Bonchev–Trinajstić information content (AvgIpc) is 2.03. The molecule has 0 aromatic heterocycles. The maximum absolute atomic E-state index is 9.25. The van der Waals surface area contributed by atoms with Gasteiger partial charge >= 0.3 is 0 Å². The molecule has 0 saturated heterocycles. The molecule has 0 fully saturated rings. The van der Waals surface area contributed by atoms with Crippen molar-refractivity contribution in [1.82, 2.24) is 0 Å². The molecule has 2 unspecified atom stereocenters. The Morgan fingerprint density at radius 1 is 1.55 bits per heavy atom. The van der Waals surface area contributed by atoms with E-state index in [0.29, 0.717) is 6.42 Å². The van der Waals surface area contributed by atoms with E-state index in [-0.39, 0.29) is 6.61 Å². The lowest BCUT2D eigenvalue weighted by Crippen LogP contribution is -2.38. The first-order valence-electron chi connectivity index (χ1n) is 3.84. The van der Waals surface area contributed by atoms with E-state index in [1.807, 2.05) is 0 Å². The Labute approximate surface area is 72.0 Å². The predicted octanol–water partition coefficient (Wildman–Crippen LogP) is -0.190. The lowest BCUT2D eigenvalue weighted by molar-refractivity contribution is 0.107. The first-order chi connectivity index (χ1) is 5.22. The minimum absolute atomic E-state index is 0.141. The molecule has 0 amide bonds. The number of nitrogens with two attached hydrogens (primary N) is 1. The summed E-state index contributed by atoms with van der Waals surface area (Å²) >= 11 is 1.77. The second-order valence-electron chi connectivity index (χ2n) is 2.40. The minimum atomic E-state index is -0.556. The number of hydrogen-bond acceptors (Lipinski definition) is 4. The maximum atomic E-state index is 9.25. The van der Waals surface area contributed by atoms with Gasteiger partial charge in [0.05, 0.1) is 18.8 Å². The largest absolute Gasteiger partial charge is 0.395 e. The van der Waals surface area contributed by atoms with Gasteiger partial charge in [-0.25, -0.2) is 0 Å². The summed E-state index contributed by atoms with van der Waals surface area (Å²) in [6.07, 6.45) is 0.110. The first kappa shape index (κ1) is 11.2. The molecular weight excluding hydrogens is 162 g/mol. The topological polar surface area (TPSA) is 66.5 Å². The fraction of sp³-hybridized carbons (Fsp3) is 1.00. The summed E-state index contributed by atoms with van der Waals surface area (Å²) < 4.78 is 0. The summed E-state index contributed by atoms with van der Waals surface area (Å²) in [7, 11) is 0. The fourth-order valence-corrected chi connectivity index (χ4v) is 1.38. The third-order valence-corrected chi connectivity index (χ3v) is 2.40. The van der Waals surface area contributed by atoms with Crippen LogP contribution in [-0.4, -0.2) is 40.5 Å². The molecule has 0 bridgehead atoms. The molecule has 0 rings (SSSR count). The van der Waals surface area contributed by atoms with E-state index in [1.54, 1.807) is 11.8 Å². The fourth-order valence-electron chi connectivity index (χ4n) is 0.684. The van der Waals surface area contributed by atoms with Gasteiger partial charge in [-0.05, 0) is 17.9 Å². The average molecular weight is 179 g/mol. The molecule has 0 aliphatic carbocycles. The Hall–Kier alpha value is 0.230. The second kappa shape index (κ2) is 6.91. The summed E-state index contributed by atoms with van der Waals surface area (Å²) in [6.45, 7) is 1.93. The molecule has 0 heterocycles. The highest BCUT2D eigenvalue weighted by molar-refractivity contribution is 7.99. The normalized spacial score (nSPS) is 16.4. The van der Waals surface area contributed by atoms with Crippen LogP contribution in [0.2, 0.25) is 0 Å². The quantitative estimate of drug-likeness (QED) is 0.494. The Morgan fingerprint density at radius 2 is 2.18 bits per heavy atom. The van der Waals surface area contributed by atoms with E-state index in [1.165, 1.54) is 0 Å². The van der Waals surface area contributed by atoms with E-state index in [0.717, 1.165) is 11.5 Å². The van der Waals surface area contributed by atoms with Crippen molar-refractivity contribution in [2.75, 3.05) is 18.1 Å². The summed E-state index contributed by atoms with van der Waals surface area (Å²) in [5, 5.41) is 17.8. The molecule has 4 heteroatoms. The van der Waals surface area contributed by atoms with Crippen LogP contribution >= 0.6 is 11.8 Å². The lowest BCUT2D eigenvalue weighted by Gasteiger charge is -2.15. The van der Waals surface area contributed by atoms with Crippen molar-refractivity contribution in [2.45, 2.75) is 25.5 Å². The van der Waals surface area contributed by atoms with Gasteiger partial charge in [0, 0.05) is 0 Å². The van der Waals surface area contributed by atoms with Gasteiger partial charge < -0.3 is 15.9 Å². The molecule has 11 heavy (non-hydrogen) atoms. The number of hydrogen-bond donors (Lipinski definition) is 3. The van der Waals surface area contributed by atoms with Crippen molar-refractivity contribution in [3.63, 3.8) is 0 Å². The van der Waals surface area contributed by atoms with Crippen LogP contribution in [0.15, 0.2) is 0 Å². The van der Waals surface area contributed by atoms with Crippen LogP contribution in [0.5, 0.6) is 0 Å². The Morgan fingerprint density at radius 3 is 2.64 bits per heavy atom. The van der Waals surface area contributed by atoms with Crippen molar-refractivity contribution in [3.8, 4) is 0 Å². The van der Waals surface area contributed by atoms with Gasteiger partial charge in [0.1, 0.15) is 0 Å². The van der Waals surface area contributed by atoms with Gasteiger partial charge in [-0.3, -0.25) is 0 Å². The standard InChI is InChI=1S/C7H17NO2S/c1-2-11-4-3-7(10)6(8)5-9/h6-7,9-10H,2-5,8H2,1H3. The second-order valence-corrected chi connectivity index (χ2v) is 3.79. The van der Waals surface area contributed by atoms with E-state index in [4.69, 9.17) is 10.8 Å². The van der Waals surface area contributed by atoms with E-state index >= 15 is 0 Å². The van der Waals surface area contributed by atoms with Crippen molar-refractivity contribution >= 4 is 11.8 Å². The van der Waals surface area contributed by atoms with Gasteiger partial charge in [-0.15, -0.1) is 0 Å². The molecular formula is C7H17NO2S. The van der Waals surface area contributed by atoms with Crippen molar-refractivity contribution < 1.29 is 10.2 Å². The summed E-state index contributed by atoms with van der Waals surface area (Å²) in [4.78, 5) is 0. The number of aliphatic hydroxyl groups is 2. The maximum Gasteiger partial charge on any atom is 0.0721 e. The molecule has 3 nitrogen and oxygen atoms in total. The van der Waals surface area contributed by atoms with Crippen molar-refractivity contribution in [2.24, 2.45) is 5.73 Å². The molecule has 0 radical (unpaired) electrons. The Bertz CT molecular complexity index is 92.5. The minimum Gasteiger partial charge on any atom is -0.395 e. The third kappa shape index (κ3) is 5.49. The highest BCUT2D eigenvalue weighted by Crippen LogP contribution is 2.05. The smallest absolute Gasteiger partial charge is 0.0721 e. The molecule has 4 N–H and O–H groups in total. The highest BCUT2D eigenvalue weighted by atomic mass is 32.2. The Kier molecular flexibility index (Phi) is 7.06. The zero-order valence-electron chi connectivity index (χ0n) is 6.86. The van der Waals surface area contributed by atoms with E-state index in [9.17, 15) is 5.11 Å².